The molecule has 4 rings (SSSR count). The summed E-state index contributed by atoms with van der Waals surface area (Å²) in [6.07, 6.45) is 9.90. The van der Waals surface area contributed by atoms with Crippen molar-refractivity contribution in [2.75, 3.05) is 64.3 Å². The summed E-state index contributed by atoms with van der Waals surface area (Å²) in [7, 11) is 8.39. The summed E-state index contributed by atoms with van der Waals surface area (Å²) < 4.78 is 8.29. The summed E-state index contributed by atoms with van der Waals surface area (Å²) in [4.78, 5) is 4.32. The van der Waals surface area contributed by atoms with E-state index in [0.29, 0.717) is 11.8 Å². The van der Waals surface area contributed by atoms with Crippen LogP contribution in [0.25, 0.3) is 6.08 Å². The quantitative estimate of drug-likeness (QED) is 0.562. The van der Waals surface area contributed by atoms with Gasteiger partial charge < -0.3 is 14.5 Å². The number of ether oxygens (including phenoxy) is 1. The maximum Gasteiger partial charge on any atom is 0.166 e. The first kappa shape index (κ1) is 23.6. The van der Waals surface area contributed by atoms with E-state index in [9.17, 15) is 0 Å². The van der Waals surface area contributed by atoms with Crippen molar-refractivity contribution in [1.82, 2.24) is 0 Å². The Morgan fingerprint density at radius 1 is 0.848 bits per heavy atom. The molecule has 1 saturated carbocycles. The topological polar surface area (TPSA) is 18.7 Å². The number of allylic oxidation sites excluding steroid dienone is 1. The Balaban J connectivity index is 1.68. The van der Waals surface area contributed by atoms with Crippen LogP contribution in [0.4, 0.5) is 11.4 Å². The number of rotatable bonds is 6. The molecular weight excluding hydrogens is 406 g/mol. The van der Waals surface area contributed by atoms with Gasteiger partial charge in [0.15, 0.2) is 18.8 Å². The lowest BCUT2D eigenvalue weighted by Gasteiger charge is -2.30. The molecule has 0 spiro atoms. The largest absolute Gasteiger partial charge is 0.378 e. The molecule has 2 atom stereocenters. The number of benzene rings is 2. The van der Waals surface area contributed by atoms with E-state index < -0.39 is 0 Å². The van der Waals surface area contributed by atoms with Crippen LogP contribution >= 0.6 is 0 Å². The Morgan fingerprint density at radius 3 is 2.06 bits per heavy atom. The summed E-state index contributed by atoms with van der Waals surface area (Å²) in [6, 6.07) is 18.1. The molecule has 176 valence electrons. The van der Waals surface area contributed by atoms with Gasteiger partial charge >= 0.3 is 0 Å². The fourth-order valence-corrected chi connectivity index (χ4v) is 5.22. The van der Waals surface area contributed by atoms with E-state index >= 15 is 0 Å². The lowest BCUT2D eigenvalue weighted by molar-refractivity contribution is -0.552. The van der Waals surface area contributed by atoms with E-state index in [1.165, 1.54) is 48.2 Å². The summed E-state index contributed by atoms with van der Waals surface area (Å²) in [5, 5.41) is 0. The Bertz CT molecular complexity index is 949. The first-order valence-corrected chi connectivity index (χ1v) is 12.4. The van der Waals surface area contributed by atoms with Crippen LogP contribution in [0.15, 0.2) is 54.6 Å². The van der Waals surface area contributed by atoms with Crippen LogP contribution in [0.3, 0.4) is 0 Å². The molecule has 4 nitrogen and oxygen atoms in total. The molecule has 2 fully saturated rings. The molecule has 2 unspecified atom stereocenters. The minimum Gasteiger partial charge on any atom is -0.378 e. The average molecular weight is 447 g/mol. The van der Waals surface area contributed by atoms with Gasteiger partial charge in [0.2, 0.25) is 0 Å². The van der Waals surface area contributed by atoms with Crippen LogP contribution in [0, 0.1) is 5.92 Å². The molecule has 33 heavy (non-hydrogen) atoms. The first-order chi connectivity index (χ1) is 16.0. The molecule has 1 aliphatic carbocycles. The minimum absolute atomic E-state index is 0.382. The van der Waals surface area contributed by atoms with Crippen LogP contribution in [-0.4, -0.2) is 64.8 Å². The third-order valence-corrected chi connectivity index (χ3v) is 7.18. The zero-order chi connectivity index (χ0) is 23.2. The van der Waals surface area contributed by atoms with E-state index in [0.717, 1.165) is 26.3 Å². The molecule has 0 bridgehead atoms. The lowest BCUT2D eigenvalue weighted by atomic mass is 9.74. The number of hydrogen-bond donors (Lipinski definition) is 0. The Labute approximate surface area is 200 Å². The predicted molar refractivity (Wildman–Crippen MR) is 141 cm³/mol. The molecule has 2 aromatic rings. The van der Waals surface area contributed by atoms with E-state index in [1.807, 2.05) is 0 Å². The zero-order valence-corrected chi connectivity index (χ0v) is 20.8. The zero-order valence-electron chi connectivity index (χ0n) is 20.8. The molecule has 0 aromatic heterocycles. The third kappa shape index (κ3) is 5.86. The van der Waals surface area contributed by atoms with E-state index in [-0.39, 0.29) is 0 Å². The maximum absolute atomic E-state index is 5.66. The first-order valence-electron chi connectivity index (χ1n) is 12.4. The highest BCUT2D eigenvalue weighted by Gasteiger charge is 2.34. The fraction of sp³-hybridized carbons (Fsp3) is 0.483. The number of morpholine rings is 1. The van der Waals surface area contributed by atoms with Crippen molar-refractivity contribution in [2.45, 2.75) is 31.6 Å². The van der Waals surface area contributed by atoms with Gasteiger partial charge in [-0.2, -0.15) is 0 Å². The second-order valence-electron chi connectivity index (χ2n) is 9.80. The van der Waals surface area contributed by atoms with Crippen molar-refractivity contribution in [3.05, 3.63) is 65.7 Å². The van der Waals surface area contributed by atoms with Crippen molar-refractivity contribution in [3.8, 4) is 0 Å². The molecule has 0 radical (unpaired) electrons. The van der Waals surface area contributed by atoms with Gasteiger partial charge in [-0.1, -0.05) is 42.8 Å². The van der Waals surface area contributed by atoms with Gasteiger partial charge in [0.1, 0.15) is 13.2 Å². The molecule has 2 aliphatic rings. The number of nitrogens with zero attached hydrogens (tertiary/aromatic N) is 3. The molecule has 1 saturated heterocycles. The van der Waals surface area contributed by atoms with Gasteiger partial charge in [-0.05, 0) is 48.2 Å². The molecule has 0 N–H and O–H groups in total. The van der Waals surface area contributed by atoms with Gasteiger partial charge in [-0.3, -0.25) is 0 Å². The summed E-state index contributed by atoms with van der Waals surface area (Å²) in [6.45, 7) is 3.78. The van der Waals surface area contributed by atoms with Gasteiger partial charge in [-0.25, -0.2) is 4.58 Å². The van der Waals surface area contributed by atoms with Crippen molar-refractivity contribution in [3.63, 3.8) is 0 Å². The predicted octanol–water partition coefficient (Wildman–Crippen LogP) is 5.29. The van der Waals surface area contributed by atoms with E-state index in [1.54, 1.807) is 5.71 Å². The summed E-state index contributed by atoms with van der Waals surface area (Å²) in [5.74, 6) is 0.937. The van der Waals surface area contributed by atoms with Gasteiger partial charge in [0.25, 0.3) is 0 Å². The van der Waals surface area contributed by atoms with E-state index in [4.69, 9.17) is 4.74 Å². The molecule has 0 amide bonds. The van der Waals surface area contributed by atoms with Crippen molar-refractivity contribution in [1.29, 1.82) is 0 Å². The van der Waals surface area contributed by atoms with Crippen LogP contribution in [0.2, 0.25) is 0 Å². The lowest BCUT2D eigenvalue weighted by Crippen LogP contribution is -2.39. The number of anilines is 2. The van der Waals surface area contributed by atoms with Gasteiger partial charge in [0.05, 0.1) is 0 Å². The summed E-state index contributed by atoms with van der Waals surface area (Å²) >= 11 is 0. The van der Waals surface area contributed by atoms with Gasteiger partial charge in [0, 0.05) is 57.8 Å². The molecule has 1 aliphatic heterocycles. The third-order valence-electron chi connectivity index (χ3n) is 7.18. The van der Waals surface area contributed by atoms with Crippen molar-refractivity contribution >= 4 is 23.2 Å². The molecule has 1 heterocycles. The minimum atomic E-state index is 0.382. The normalized spacial score (nSPS) is 20.2. The molecule has 2 aromatic carbocycles. The Morgan fingerprint density at radius 2 is 1.45 bits per heavy atom. The Hall–Kier alpha value is -2.59. The van der Waals surface area contributed by atoms with E-state index in [2.05, 4.69) is 103 Å². The highest BCUT2D eigenvalue weighted by Crippen LogP contribution is 2.37. The molecule has 4 heteroatoms. The second kappa shape index (κ2) is 11.0. The smallest absolute Gasteiger partial charge is 0.166 e. The SMILES string of the molecule is CN(C)c1ccc(/C=C/C(c2ccc(N(C)C)cc2)C2CCCCC2=[N+]2CCOCC2)cc1. The van der Waals surface area contributed by atoms with Crippen LogP contribution < -0.4 is 9.80 Å². The Kier molecular flexibility index (Phi) is 7.87. The fourth-order valence-electron chi connectivity index (χ4n) is 5.22. The van der Waals surface area contributed by atoms with Crippen LogP contribution in [-0.2, 0) is 4.74 Å². The highest BCUT2D eigenvalue weighted by molar-refractivity contribution is 5.84. The van der Waals surface area contributed by atoms with Crippen molar-refractivity contribution < 1.29 is 9.31 Å². The van der Waals surface area contributed by atoms with Crippen molar-refractivity contribution in [2.24, 2.45) is 5.92 Å². The van der Waals surface area contributed by atoms with Crippen LogP contribution in [0.1, 0.15) is 42.7 Å². The number of hydrogen-bond acceptors (Lipinski definition) is 3. The second-order valence-corrected chi connectivity index (χ2v) is 9.80. The maximum atomic E-state index is 5.66. The van der Waals surface area contributed by atoms with Crippen LogP contribution in [0.5, 0.6) is 0 Å². The van der Waals surface area contributed by atoms with Gasteiger partial charge in [-0.15, -0.1) is 0 Å². The molecular formula is C29H40N3O+. The monoisotopic (exact) mass is 446 g/mol. The standard InChI is InChI=1S/C29H40N3O/c1-30(2)25-14-9-23(10-15-25)11-18-27(24-12-16-26(17-13-24)31(3)4)28-7-5-6-8-29(28)32-19-21-33-22-20-32/h9-18,27-28H,5-8,19-22H2,1-4H3/q+1/b18-11+. The average Bonchev–Trinajstić information content (AvgIpc) is 2.85. The highest BCUT2D eigenvalue weighted by atomic mass is 16.5. The summed E-state index contributed by atoms with van der Waals surface area (Å²) in [5.41, 5.74) is 6.82.